The first-order chi connectivity index (χ1) is 3.39. The summed E-state index contributed by atoms with van der Waals surface area (Å²) < 4.78 is 0. The lowest BCUT2D eigenvalue weighted by atomic mass is 10.4. The van der Waals surface area contributed by atoms with E-state index in [1.54, 1.807) is 0 Å². The van der Waals surface area contributed by atoms with Gasteiger partial charge in [0, 0.05) is 5.75 Å². The molecule has 0 radical (unpaired) electrons. The molecule has 0 saturated carbocycles. The Morgan fingerprint density at radius 2 is 2.43 bits per heavy atom. The molecular formula is C5H9NS. The van der Waals surface area contributed by atoms with Crippen LogP contribution in [0.15, 0.2) is 12.2 Å². The highest BCUT2D eigenvalue weighted by Gasteiger charge is 1.87. The lowest BCUT2D eigenvalue weighted by Crippen LogP contribution is -1.94. The number of hydrogen-bond donors (Lipinski definition) is 1. The van der Waals surface area contributed by atoms with Crippen LogP contribution in [0.1, 0.15) is 6.42 Å². The van der Waals surface area contributed by atoms with Crippen molar-refractivity contribution < 1.29 is 0 Å². The summed E-state index contributed by atoms with van der Waals surface area (Å²) >= 11 is 0. The second kappa shape index (κ2) is 2.28. The number of allylic oxidation sites excluding steroid dienone is 2. The molecule has 1 aliphatic rings. The number of nitrogens with two attached hydrogens (primary N) is 1. The van der Waals surface area contributed by atoms with Crippen molar-refractivity contribution in [2.75, 3.05) is 5.75 Å². The third-order valence-corrected chi connectivity index (χ3v) is 2.12. The summed E-state index contributed by atoms with van der Waals surface area (Å²) in [6, 6.07) is 0. The van der Waals surface area contributed by atoms with Gasteiger partial charge in [-0.1, -0.05) is 12.2 Å². The fourth-order valence-corrected chi connectivity index (χ4v) is 1.38. The van der Waals surface area contributed by atoms with Crippen molar-refractivity contribution in [2.45, 2.75) is 6.42 Å². The molecule has 0 amide bonds. The molecule has 0 saturated heterocycles. The highest BCUT2D eigenvalue weighted by Crippen LogP contribution is 2.06. The van der Waals surface area contributed by atoms with Crippen LogP contribution in [0.2, 0.25) is 0 Å². The Morgan fingerprint density at radius 1 is 1.57 bits per heavy atom. The van der Waals surface area contributed by atoms with E-state index in [1.807, 2.05) is 6.08 Å². The molecule has 2 N–H and O–H groups in total. The first-order valence-electron chi connectivity index (χ1n) is 2.33. The zero-order chi connectivity index (χ0) is 5.11. The molecule has 2 heteroatoms. The van der Waals surface area contributed by atoms with Crippen molar-refractivity contribution in [3.8, 4) is 0 Å². The molecule has 0 bridgehead atoms. The molecule has 1 atom stereocenters. The maximum atomic E-state index is 5.56. The quantitative estimate of drug-likeness (QED) is 0.466. The van der Waals surface area contributed by atoms with Gasteiger partial charge in [0.2, 0.25) is 0 Å². The van der Waals surface area contributed by atoms with Gasteiger partial charge in [-0.2, -0.15) is 0 Å². The molecule has 0 aromatic heterocycles. The van der Waals surface area contributed by atoms with Crippen LogP contribution in [-0.2, 0) is 0 Å². The second-order valence-electron chi connectivity index (χ2n) is 1.53. The minimum atomic E-state index is 0.0980. The molecular weight excluding hydrogens is 106 g/mol. The summed E-state index contributed by atoms with van der Waals surface area (Å²) in [4.78, 5) is 0. The largest absolute Gasteiger partial charge is 0.283 e. The Morgan fingerprint density at radius 3 is 2.71 bits per heavy atom. The van der Waals surface area contributed by atoms with E-state index in [2.05, 4.69) is 11.4 Å². The smallest absolute Gasteiger partial charge is 0.00480 e. The van der Waals surface area contributed by atoms with Gasteiger partial charge in [0.25, 0.3) is 0 Å². The first-order valence-corrected chi connectivity index (χ1v) is 3.86. The van der Waals surface area contributed by atoms with Gasteiger partial charge in [-0.25, -0.2) is 0 Å². The van der Waals surface area contributed by atoms with Gasteiger partial charge in [-0.3, -0.25) is 5.14 Å². The van der Waals surface area contributed by atoms with Crippen LogP contribution in [0.5, 0.6) is 0 Å². The highest BCUT2D eigenvalue weighted by atomic mass is 32.2. The molecule has 0 aromatic rings. The van der Waals surface area contributed by atoms with E-state index in [1.165, 1.54) is 0 Å². The minimum absolute atomic E-state index is 0.0980. The van der Waals surface area contributed by atoms with E-state index in [0.29, 0.717) is 0 Å². The summed E-state index contributed by atoms with van der Waals surface area (Å²) in [6.45, 7) is 0. The Bertz CT molecular complexity index is 115. The second-order valence-corrected chi connectivity index (χ2v) is 3.15. The average Bonchev–Trinajstić information content (AvgIpc) is 1.69. The van der Waals surface area contributed by atoms with Crippen LogP contribution < -0.4 is 5.14 Å². The third kappa shape index (κ3) is 1.45. The van der Waals surface area contributed by atoms with Crippen LogP contribution in [0.3, 0.4) is 0 Å². The molecule has 0 fully saturated rings. The molecule has 40 valence electrons. The Balaban J connectivity index is 2.57. The van der Waals surface area contributed by atoms with Gasteiger partial charge in [0.05, 0.1) is 0 Å². The van der Waals surface area contributed by atoms with Gasteiger partial charge in [0.1, 0.15) is 0 Å². The van der Waals surface area contributed by atoms with Gasteiger partial charge in [0.15, 0.2) is 0 Å². The lowest BCUT2D eigenvalue weighted by molar-refractivity contribution is 1.24. The number of hydrogen-bond acceptors (Lipinski definition) is 1. The standard InChI is InChI=1S/C5H9NS/c6-7-4-2-1-3-5-7/h1-2,4H,3,5-6H2. The van der Waals surface area contributed by atoms with Crippen molar-refractivity contribution in [1.82, 2.24) is 0 Å². The van der Waals surface area contributed by atoms with Crippen molar-refractivity contribution in [3.63, 3.8) is 0 Å². The monoisotopic (exact) mass is 115 g/mol. The topological polar surface area (TPSA) is 26.0 Å². The zero-order valence-corrected chi connectivity index (χ0v) is 4.95. The lowest BCUT2D eigenvalue weighted by Gasteiger charge is -2.00. The number of rotatable bonds is 0. The molecule has 1 unspecified atom stereocenters. The van der Waals surface area contributed by atoms with E-state index >= 15 is 0 Å². The van der Waals surface area contributed by atoms with Gasteiger partial charge in [-0.05, 0) is 11.8 Å². The molecule has 1 heterocycles. The van der Waals surface area contributed by atoms with Crippen molar-refractivity contribution in [3.05, 3.63) is 12.2 Å². The van der Waals surface area contributed by atoms with E-state index in [-0.39, 0.29) is 10.7 Å². The maximum absolute atomic E-state index is 5.56. The van der Waals surface area contributed by atoms with E-state index in [0.717, 1.165) is 12.2 Å². The zero-order valence-electron chi connectivity index (χ0n) is 4.13. The fraction of sp³-hybridized carbons (Fsp3) is 0.400. The van der Waals surface area contributed by atoms with Crippen LogP contribution in [0.25, 0.3) is 0 Å². The van der Waals surface area contributed by atoms with E-state index in [4.69, 9.17) is 5.14 Å². The summed E-state index contributed by atoms with van der Waals surface area (Å²) in [6.07, 6.45) is 5.36. The average molecular weight is 115 g/mol. The normalized spacial score (nSPS) is 29.6. The van der Waals surface area contributed by atoms with Crippen molar-refractivity contribution >= 4 is 16.0 Å². The van der Waals surface area contributed by atoms with Gasteiger partial charge in [-0.15, -0.1) is 10.7 Å². The summed E-state index contributed by atoms with van der Waals surface area (Å²) in [5.41, 5.74) is 0. The first kappa shape index (κ1) is 5.06. The molecule has 1 rings (SSSR count). The highest BCUT2D eigenvalue weighted by molar-refractivity contribution is 8.13. The Hall–Kier alpha value is -0.0800. The van der Waals surface area contributed by atoms with Gasteiger partial charge < -0.3 is 0 Å². The molecule has 1 nitrogen and oxygen atoms in total. The molecule has 0 aliphatic carbocycles. The van der Waals surface area contributed by atoms with Crippen molar-refractivity contribution in [1.29, 1.82) is 0 Å². The Labute approximate surface area is 46.3 Å². The predicted octanol–water partition coefficient (Wildman–Crippen LogP) is 0.891. The molecule has 0 spiro atoms. The van der Waals surface area contributed by atoms with E-state index in [9.17, 15) is 0 Å². The van der Waals surface area contributed by atoms with Crippen molar-refractivity contribution in [2.24, 2.45) is 5.14 Å². The third-order valence-electron chi connectivity index (χ3n) is 0.910. The van der Waals surface area contributed by atoms with Crippen LogP contribution >= 0.6 is 10.7 Å². The van der Waals surface area contributed by atoms with Crippen LogP contribution in [0.4, 0.5) is 0 Å². The van der Waals surface area contributed by atoms with Gasteiger partial charge >= 0.3 is 0 Å². The van der Waals surface area contributed by atoms with Crippen LogP contribution in [-0.4, -0.2) is 11.1 Å². The van der Waals surface area contributed by atoms with E-state index < -0.39 is 0 Å². The molecule has 0 aromatic carbocycles. The van der Waals surface area contributed by atoms with Crippen LogP contribution in [0, 0.1) is 0 Å². The summed E-state index contributed by atoms with van der Waals surface area (Å²) in [5, 5.41) is 7.61. The predicted molar refractivity (Wildman–Crippen MR) is 36.5 cm³/mol. The SMILES string of the molecule is NS1=CC=CCC1. The molecule has 7 heavy (non-hydrogen) atoms. The molecule has 1 aliphatic heterocycles. The summed E-state index contributed by atoms with van der Waals surface area (Å²) in [7, 11) is 0.0980. The maximum Gasteiger partial charge on any atom is 0.00480 e. The Kier molecular flexibility index (Phi) is 1.65. The fourth-order valence-electron chi connectivity index (χ4n) is 0.525. The minimum Gasteiger partial charge on any atom is -0.283 e. The summed E-state index contributed by atoms with van der Waals surface area (Å²) in [5.74, 6) is 1.15.